The summed E-state index contributed by atoms with van der Waals surface area (Å²) in [5.41, 5.74) is 9.14. The molecule has 0 unspecified atom stereocenters. The number of hydrogen-bond donors (Lipinski definition) is 2. The fraction of sp³-hybridized carbons (Fsp3) is 0.400. The van der Waals surface area contributed by atoms with E-state index in [-0.39, 0.29) is 5.91 Å². The average Bonchev–Trinajstić information content (AvgIpc) is 3.04. The summed E-state index contributed by atoms with van der Waals surface area (Å²) in [6.45, 7) is 15.9. The lowest BCUT2D eigenvalue weighted by Crippen LogP contribution is -2.36. The number of benzene rings is 3. The van der Waals surface area contributed by atoms with E-state index in [0.717, 1.165) is 68.2 Å². The summed E-state index contributed by atoms with van der Waals surface area (Å²) in [4.78, 5) is 33.7. The molecular formula is C35H46N6O3. The topological polar surface area (TPSA) is 89.5 Å². The minimum Gasteiger partial charge on any atom is -0.378 e. The van der Waals surface area contributed by atoms with Crippen LogP contribution in [0.3, 0.4) is 0 Å². The number of hydrogen-bond acceptors (Lipinski definition) is 7. The second-order valence-corrected chi connectivity index (χ2v) is 11.3. The second kappa shape index (κ2) is 16.1. The van der Waals surface area contributed by atoms with E-state index in [1.54, 1.807) is 18.3 Å². The molecule has 2 N–H and O–H groups in total. The fourth-order valence-corrected chi connectivity index (χ4v) is 5.17. The number of nitrogens with zero attached hydrogens (tertiary/aromatic N) is 4. The maximum Gasteiger partial charge on any atom is 0.273 e. The van der Waals surface area contributed by atoms with Crippen LogP contribution < -0.4 is 15.6 Å². The van der Waals surface area contributed by atoms with Crippen molar-refractivity contribution in [1.29, 1.82) is 0 Å². The number of likely N-dealkylation sites (N-methyl/N-ethyl adjacent to an activating group) is 2. The van der Waals surface area contributed by atoms with E-state index in [0.29, 0.717) is 30.0 Å². The van der Waals surface area contributed by atoms with Gasteiger partial charge in [0.1, 0.15) is 0 Å². The van der Waals surface area contributed by atoms with Gasteiger partial charge in [-0.2, -0.15) is 5.10 Å². The first-order valence-electron chi connectivity index (χ1n) is 15.5. The Morgan fingerprint density at radius 2 is 1.70 bits per heavy atom. The molecule has 0 aromatic heterocycles. The summed E-state index contributed by atoms with van der Waals surface area (Å²) >= 11 is 0. The van der Waals surface area contributed by atoms with Crippen molar-refractivity contribution in [2.24, 2.45) is 5.10 Å². The molecule has 2 amide bonds. The van der Waals surface area contributed by atoms with Crippen molar-refractivity contribution in [2.75, 3.05) is 69.7 Å². The molecule has 0 radical (unpaired) electrons. The maximum atomic E-state index is 13.4. The Balaban J connectivity index is 1.49. The molecule has 4 rings (SSSR count). The van der Waals surface area contributed by atoms with E-state index >= 15 is 0 Å². The highest BCUT2D eigenvalue weighted by Crippen LogP contribution is 2.25. The van der Waals surface area contributed by atoms with Crippen molar-refractivity contribution >= 4 is 29.4 Å². The standard InChI is InChI=1S/C35H46N6O3/c1-6-40(7-2)16-15-39(5)25-29-9-8-10-30(22-29)34(42)37-33-14-13-31(41-17-19-44-20-18-41)23-32(33)35(43)38-36-24-28-12-11-26(3)27(4)21-28/h8-14,21-24H,6-7,15-20,25H2,1-5H3,(H,37,42)(H,38,43). The van der Waals surface area contributed by atoms with Crippen molar-refractivity contribution < 1.29 is 14.3 Å². The minimum atomic E-state index is -0.404. The summed E-state index contributed by atoms with van der Waals surface area (Å²) in [5, 5.41) is 7.19. The Kier molecular flexibility index (Phi) is 12.1. The zero-order chi connectivity index (χ0) is 31.5. The van der Waals surface area contributed by atoms with Crippen molar-refractivity contribution in [3.05, 3.63) is 94.0 Å². The third-order valence-corrected chi connectivity index (χ3v) is 8.12. The molecule has 0 spiro atoms. The van der Waals surface area contributed by atoms with Gasteiger partial charge in [-0.1, -0.05) is 44.2 Å². The van der Waals surface area contributed by atoms with Gasteiger partial charge in [0.05, 0.1) is 30.7 Å². The third-order valence-electron chi connectivity index (χ3n) is 8.12. The first kappa shape index (κ1) is 32.9. The van der Waals surface area contributed by atoms with Crippen LogP contribution in [0.5, 0.6) is 0 Å². The third kappa shape index (κ3) is 9.22. The van der Waals surface area contributed by atoms with Gasteiger partial charge in [-0.3, -0.25) is 9.59 Å². The summed E-state index contributed by atoms with van der Waals surface area (Å²) in [5.74, 6) is -0.677. The SMILES string of the molecule is CCN(CC)CCN(C)Cc1cccc(C(=O)Nc2ccc(N3CCOCC3)cc2C(=O)NN=Cc2ccc(C)c(C)c2)c1. The van der Waals surface area contributed by atoms with Gasteiger partial charge in [0, 0.05) is 44.0 Å². The van der Waals surface area contributed by atoms with Crippen molar-refractivity contribution in [3.8, 4) is 0 Å². The first-order valence-corrected chi connectivity index (χ1v) is 15.5. The molecule has 1 heterocycles. The highest BCUT2D eigenvalue weighted by atomic mass is 16.5. The molecule has 1 fully saturated rings. The molecule has 0 saturated carbocycles. The van der Waals surface area contributed by atoms with Crippen molar-refractivity contribution in [1.82, 2.24) is 15.2 Å². The van der Waals surface area contributed by atoms with Gasteiger partial charge in [-0.25, -0.2) is 5.43 Å². The Morgan fingerprint density at radius 1 is 0.932 bits per heavy atom. The predicted octanol–water partition coefficient (Wildman–Crippen LogP) is 4.93. The van der Waals surface area contributed by atoms with E-state index in [1.807, 2.05) is 55.5 Å². The largest absolute Gasteiger partial charge is 0.378 e. The molecule has 3 aromatic carbocycles. The zero-order valence-electron chi connectivity index (χ0n) is 26.7. The van der Waals surface area contributed by atoms with Gasteiger partial charge in [0.15, 0.2) is 0 Å². The van der Waals surface area contributed by atoms with E-state index in [1.165, 1.54) is 5.56 Å². The number of morpholine rings is 1. The molecule has 44 heavy (non-hydrogen) atoms. The highest BCUT2D eigenvalue weighted by Gasteiger charge is 2.19. The van der Waals surface area contributed by atoms with Crippen LogP contribution in [0.25, 0.3) is 0 Å². The normalized spacial score (nSPS) is 13.6. The molecule has 1 aliphatic heterocycles. The summed E-state index contributed by atoms with van der Waals surface area (Å²) in [6, 6.07) is 19.2. The Morgan fingerprint density at radius 3 is 2.43 bits per heavy atom. The second-order valence-electron chi connectivity index (χ2n) is 11.3. The van der Waals surface area contributed by atoms with E-state index in [4.69, 9.17) is 4.74 Å². The van der Waals surface area contributed by atoms with Gasteiger partial charge in [-0.05, 0) is 86.6 Å². The van der Waals surface area contributed by atoms with Crippen LogP contribution in [0.1, 0.15) is 56.8 Å². The molecule has 9 heteroatoms. The molecule has 234 valence electrons. The molecule has 0 bridgehead atoms. The molecule has 0 aliphatic carbocycles. The monoisotopic (exact) mass is 598 g/mol. The first-order chi connectivity index (χ1) is 21.3. The quantitative estimate of drug-likeness (QED) is 0.214. The number of anilines is 2. The van der Waals surface area contributed by atoms with Crippen LogP contribution in [-0.4, -0.2) is 87.4 Å². The Bertz CT molecular complexity index is 1450. The highest BCUT2D eigenvalue weighted by molar-refractivity contribution is 6.09. The molecule has 1 aliphatic rings. The van der Waals surface area contributed by atoms with E-state index in [9.17, 15) is 9.59 Å². The number of amides is 2. The molecule has 1 saturated heterocycles. The van der Waals surface area contributed by atoms with Crippen molar-refractivity contribution in [3.63, 3.8) is 0 Å². The van der Waals surface area contributed by atoms with Crippen LogP contribution in [0.2, 0.25) is 0 Å². The lowest BCUT2D eigenvalue weighted by atomic mass is 10.1. The van der Waals surface area contributed by atoms with E-state index < -0.39 is 5.91 Å². The lowest BCUT2D eigenvalue weighted by Gasteiger charge is -2.29. The van der Waals surface area contributed by atoms with Gasteiger partial charge in [0.25, 0.3) is 11.8 Å². The van der Waals surface area contributed by atoms with Gasteiger partial charge in [-0.15, -0.1) is 0 Å². The van der Waals surface area contributed by atoms with Crippen LogP contribution in [0.4, 0.5) is 11.4 Å². The summed E-state index contributed by atoms with van der Waals surface area (Å²) < 4.78 is 5.50. The number of ether oxygens (including phenoxy) is 1. The molecule has 9 nitrogen and oxygen atoms in total. The number of rotatable bonds is 13. The maximum absolute atomic E-state index is 13.4. The van der Waals surface area contributed by atoms with Gasteiger partial charge < -0.3 is 24.8 Å². The number of aryl methyl sites for hydroxylation is 2. The Hall–Kier alpha value is -4.05. The average molecular weight is 599 g/mol. The number of carbonyl (C=O) groups excluding carboxylic acids is 2. The predicted molar refractivity (Wildman–Crippen MR) is 179 cm³/mol. The zero-order valence-corrected chi connectivity index (χ0v) is 26.7. The van der Waals surface area contributed by atoms with E-state index in [2.05, 4.69) is 58.4 Å². The van der Waals surface area contributed by atoms with Gasteiger partial charge in [0.2, 0.25) is 0 Å². The summed E-state index contributed by atoms with van der Waals surface area (Å²) in [7, 11) is 2.10. The minimum absolute atomic E-state index is 0.274. The van der Waals surface area contributed by atoms with Gasteiger partial charge >= 0.3 is 0 Å². The van der Waals surface area contributed by atoms with Crippen LogP contribution in [0.15, 0.2) is 65.8 Å². The fourth-order valence-electron chi connectivity index (χ4n) is 5.17. The van der Waals surface area contributed by atoms with Crippen LogP contribution in [-0.2, 0) is 11.3 Å². The molecular weight excluding hydrogens is 552 g/mol. The smallest absolute Gasteiger partial charge is 0.273 e. The summed E-state index contributed by atoms with van der Waals surface area (Å²) in [6.07, 6.45) is 1.62. The molecule has 3 aromatic rings. The molecule has 0 atom stereocenters. The van der Waals surface area contributed by atoms with Crippen LogP contribution >= 0.6 is 0 Å². The number of nitrogens with one attached hydrogen (secondary N) is 2. The number of hydrazone groups is 1. The van der Waals surface area contributed by atoms with Crippen molar-refractivity contribution in [2.45, 2.75) is 34.2 Å². The number of carbonyl (C=O) groups is 2. The Labute approximate surface area is 261 Å². The lowest BCUT2D eigenvalue weighted by molar-refractivity contribution is 0.0956. The van der Waals surface area contributed by atoms with Crippen LogP contribution in [0, 0.1) is 13.8 Å².